The lowest BCUT2D eigenvalue weighted by Gasteiger charge is -2.22. The average molecular weight is 246 g/mol. The Morgan fingerprint density at radius 2 is 2.00 bits per heavy atom. The van der Waals surface area contributed by atoms with Crippen LogP contribution in [-0.4, -0.2) is 12.9 Å². The zero-order chi connectivity index (χ0) is 13.3. The zero-order valence-electron chi connectivity index (χ0n) is 11.3. The molecule has 0 saturated heterocycles. The monoisotopic (exact) mass is 246 g/mol. The van der Waals surface area contributed by atoms with E-state index in [-0.39, 0.29) is 5.41 Å². The summed E-state index contributed by atoms with van der Waals surface area (Å²) >= 11 is 0. The molecule has 0 aliphatic rings. The molecule has 2 heteroatoms. The van der Waals surface area contributed by atoms with Crippen LogP contribution in [0.25, 0.3) is 0 Å². The number of carbonyl (C=O) groups is 1. The van der Waals surface area contributed by atoms with E-state index in [4.69, 9.17) is 4.74 Å². The molecule has 0 heterocycles. The van der Waals surface area contributed by atoms with Crippen molar-refractivity contribution in [2.45, 2.75) is 33.3 Å². The van der Waals surface area contributed by atoms with Gasteiger partial charge in [-0.1, -0.05) is 49.4 Å². The molecule has 1 atom stereocenters. The van der Waals surface area contributed by atoms with Crippen molar-refractivity contribution in [2.75, 3.05) is 6.61 Å². The maximum Gasteiger partial charge on any atom is 0.129 e. The summed E-state index contributed by atoms with van der Waals surface area (Å²) in [6.07, 6.45) is 6.51. The molecule has 0 unspecified atom stereocenters. The van der Waals surface area contributed by atoms with Gasteiger partial charge in [-0.3, -0.25) is 0 Å². The molecule has 2 nitrogen and oxygen atoms in total. The van der Waals surface area contributed by atoms with Gasteiger partial charge < -0.3 is 9.53 Å². The van der Waals surface area contributed by atoms with E-state index >= 15 is 0 Å². The van der Waals surface area contributed by atoms with Crippen LogP contribution in [0.1, 0.15) is 32.3 Å². The van der Waals surface area contributed by atoms with E-state index < -0.39 is 0 Å². The summed E-state index contributed by atoms with van der Waals surface area (Å²) in [5, 5.41) is 0. The van der Waals surface area contributed by atoms with Crippen LogP contribution in [0.4, 0.5) is 0 Å². The van der Waals surface area contributed by atoms with Crippen molar-refractivity contribution in [2.24, 2.45) is 5.41 Å². The Balaban J connectivity index is 2.38. The molecule has 1 aromatic rings. The third kappa shape index (κ3) is 4.46. The maximum atomic E-state index is 11.2. The summed E-state index contributed by atoms with van der Waals surface area (Å²) < 4.78 is 5.63. The Hall–Kier alpha value is -1.41. The maximum absolute atomic E-state index is 11.2. The van der Waals surface area contributed by atoms with Crippen molar-refractivity contribution >= 4 is 6.29 Å². The van der Waals surface area contributed by atoms with Gasteiger partial charge in [-0.2, -0.15) is 0 Å². The SMILES string of the molecule is C/C=C/[C@](C=O)(CC)CCOCc1ccccc1. The molecule has 0 N–H and O–H groups in total. The number of ether oxygens (including phenoxy) is 1. The molecule has 98 valence electrons. The molecule has 0 aromatic heterocycles. The predicted octanol–water partition coefficient (Wildman–Crippen LogP) is 3.76. The van der Waals surface area contributed by atoms with Gasteiger partial charge in [-0.25, -0.2) is 0 Å². The van der Waals surface area contributed by atoms with Crippen molar-refractivity contribution in [3.63, 3.8) is 0 Å². The Bertz CT molecular complexity index is 370. The summed E-state index contributed by atoms with van der Waals surface area (Å²) in [7, 11) is 0. The molecule has 1 aromatic carbocycles. The van der Waals surface area contributed by atoms with E-state index in [1.165, 1.54) is 0 Å². The smallest absolute Gasteiger partial charge is 0.129 e. The Labute approximate surface area is 110 Å². The molecule has 0 saturated carbocycles. The first-order valence-corrected chi connectivity index (χ1v) is 6.48. The standard InChI is InChI=1S/C16H22O2/c1-3-10-16(4-2,14-17)11-12-18-13-15-8-6-5-7-9-15/h3,5-10,14H,4,11-13H2,1-2H3/b10-3+/t16-/m1/s1. The lowest BCUT2D eigenvalue weighted by atomic mass is 9.83. The van der Waals surface area contributed by atoms with Crippen LogP contribution in [-0.2, 0) is 16.1 Å². The fourth-order valence-electron chi connectivity index (χ4n) is 1.92. The van der Waals surface area contributed by atoms with Crippen LogP contribution in [0.3, 0.4) is 0 Å². The van der Waals surface area contributed by atoms with Gasteiger partial charge in [0, 0.05) is 12.0 Å². The molecule has 18 heavy (non-hydrogen) atoms. The van der Waals surface area contributed by atoms with Gasteiger partial charge >= 0.3 is 0 Å². The molecule has 0 spiro atoms. The first-order valence-electron chi connectivity index (χ1n) is 6.48. The lowest BCUT2D eigenvalue weighted by Crippen LogP contribution is -2.21. The number of benzene rings is 1. The van der Waals surface area contributed by atoms with E-state index in [1.54, 1.807) is 0 Å². The normalized spacial score (nSPS) is 14.6. The summed E-state index contributed by atoms with van der Waals surface area (Å²) in [4.78, 5) is 11.2. The summed E-state index contributed by atoms with van der Waals surface area (Å²) in [5.41, 5.74) is 0.808. The number of allylic oxidation sites excluding steroid dienone is 2. The third-order valence-corrected chi connectivity index (χ3v) is 3.21. The van der Waals surface area contributed by atoms with Crippen LogP contribution in [0, 0.1) is 5.41 Å². The van der Waals surface area contributed by atoms with Crippen LogP contribution in [0.5, 0.6) is 0 Å². The molecule has 0 radical (unpaired) electrons. The van der Waals surface area contributed by atoms with E-state index in [9.17, 15) is 4.79 Å². The molecule has 0 aliphatic carbocycles. The first-order chi connectivity index (χ1) is 8.76. The number of hydrogen-bond donors (Lipinski definition) is 0. The van der Waals surface area contributed by atoms with Gasteiger partial charge in [0.2, 0.25) is 0 Å². The van der Waals surface area contributed by atoms with E-state index in [2.05, 4.69) is 0 Å². The molecule has 0 amide bonds. The Kier molecular flexibility index (Phi) is 6.37. The summed E-state index contributed by atoms with van der Waals surface area (Å²) in [5.74, 6) is 0. The zero-order valence-corrected chi connectivity index (χ0v) is 11.3. The van der Waals surface area contributed by atoms with Gasteiger partial charge in [0.05, 0.1) is 6.61 Å². The highest BCUT2D eigenvalue weighted by molar-refractivity contribution is 5.62. The van der Waals surface area contributed by atoms with Gasteiger partial charge in [-0.05, 0) is 25.3 Å². The van der Waals surface area contributed by atoms with Gasteiger partial charge in [0.25, 0.3) is 0 Å². The van der Waals surface area contributed by atoms with Crippen molar-refractivity contribution in [1.29, 1.82) is 0 Å². The number of aldehydes is 1. The van der Waals surface area contributed by atoms with Gasteiger partial charge in [0.15, 0.2) is 0 Å². The van der Waals surface area contributed by atoms with Crippen molar-refractivity contribution in [3.8, 4) is 0 Å². The molecule has 0 aliphatic heterocycles. The minimum atomic E-state index is -0.356. The highest BCUT2D eigenvalue weighted by Crippen LogP contribution is 2.25. The van der Waals surface area contributed by atoms with Gasteiger partial charge in [0.1, 0.15) is 6.29 Å². The van der Waals surface area contributed by atoms with Crippen LogP contribution >= 0.6 is 0 Å². The molecular formula is C16H22O2. The number of carbonyl (C=O) groups excluding carboxylic acids is 1. The van der Waals surface area contributed by atoms with Crippen LogP contribution < -0.4 is 0 Å². The average Bonchev–Trinajstić information content (AvgIpc) is 2.43. The minimum Gasteiger partial charge on any atom is -0.377 e. The predicted molar refractivity (Wildman–Crippen MR) is 74.3 cm³/mol. The second kappa shape index (κ2) is 7.83. The van der Waals surface area contributed by atoms with E-state index in [0.29, 0.717) is 13.2 Å². The lowest BCUT2D eigenvalue weighted by molar-refractivity contribution is -0.115. The fraction of sp³-hybridized carbons (Fsp3) is 0.438. The minimum absolute atomic E-state index is 0.356. The summed E-state index contributed by atoms with van der Waals surface area (Å²) in [6, 6.07) is 10.1. The summed E-state index contributed by atoms with van der Waals surface area (Å²) in [6.45, 7) is 5.19. The van der Waals surface area contributed by atoms with Crippen molar-refractivity contribution in [1.82, 2.24) is 0 Å². The van der Waals surface area contributed by atoms with E-state index in [1.807, 2.05) is 56.3 Å². The molecular weight excluding hydrogens is 224 g/mol. The quantitative estimate of drug-likeness (QED) is 0.396. The molecule has 1 rings (SSSR count). The van der Waals surface area contributed by atoms with Crippen molar-refractivity contribution < 1.29 is 9.53 Å². The fourth-order valence-corrected chi connectivity index (χ4v) is 1.92. The topological polar surface area (TPSA) is 26.3 Å². The molecule has 0 fully saturated rings. The highest BCUT2D eigenvalue weighted by Gasteiger charge is 2.23. The van der Waals surface area contributed by atoms with Gasteiger partial charge in [-0.15, -0.1) is 0 Å². The van der Waals surface area contributed by atoms with Crippen molar-refractivity contribution in [3.05, 3.63) is 48.0 Å². The Morgan fingerprint density at radius 1 is 1.28 bits per heavy atom. The van der Waals surface area contributed by atoms with Crippen LogP contribution in [0.2, 0.25) is 0 Å². The third-order valence-electron chi connectivity index (χ3n) is 3.21. The number of rotatable bonds is 8. The number of hydrogen-bond acceptors (Lipinski definition) is 2. The molecule has 0 bridgehead atoms. The first kappa shape index (κ1) is 14.7. The highest BCUT2D eigenvalue weighted by atomic mass is 16.5. The van der Waals surface area contributed by atoms with Crippen LogP contribution in [0.15, 0.2) is 42.5 Å². The van der Waals surface area contributed by atoms with E-state index in [0.717, 1.165) is 24.7 Å². The largest absolute Gasteiger partial charge is 0.377 e. The second-order valence-electron chi connectivity index (χ2n) is 4.49. The second-order valence-corrected chi connectivity index (χ2v) is 4.49. The Morgan fingerprint density at radius 3 is 2.56 bits per heavy atom.